The molecule has 2 aliphatic heterocycles. The van der Waals surface area contributed by atoms with Crippen LogP contribution in [-0.4, -0.2) is 61.5 Å². The van der Waals surface area contributed by atoms with Gasteiger partial charge in [-0.3, -0.25) is 0 Å². The summed E-state index contributed by atoms with van der Waals surface area (Å²) in [5.41, 5.74) is 1.51. The molecule has 2 bridgehead atoms. The minimum atomic E-state index is -0.964. The summed E-state index contributed by atoms with van der Waals surface area (Å²) in [6.07, 6.45) is 0.506. The van der Waals surface area contributed by atoms with Crippen LogP contribution in [0.15, 0.2) is 30.3 Å². The van der Waals surface area contributed by atoms with E-state index in [2.05, 4.69) is 25.3 Å². The number of carbonyl (C=O) groups is 1. The fourth-order valence-corrected chi connectivity index (χ4v) is 4.79. The van der Waals surface area contributed by atoms with E-state index in [4.69, 9.17) is 4.74 Å². The van der Waals surface area contributed by atoms with Crippen LogP contribution in [0.3, 0.4) is 0 Å². The highest BCUT2D eigenvalue weighted by atomic mass is 19.2. The highest BCUT2D eigenvalue weighted by Crippen LogP contribution is 2.36. The van der Waals surface area contributed by atoms with Crippen molar-refractivity contribution in [2.75, 3.05) is 23.3 Å². The third-order valence-corrected chi connectivity index (χ3v) is 6.26. The second-order valence-corrected chi connectivity index (χ2v) is 10.3. The number of anilines is 3. The van der Waals surface area contributed by atoms with E-state index in [1.54, 1.807) is 9.58 Å². The van der Waals surface area contributed by atoms with E-state index in [0.29, 0.717) is 30.4 Å². The molecular formula is C25H29F2N7O2. The molecule has 1 amide bonds. The third-order valence-electron chi connectivity index (χ3n) is 6.26. The number of aromatic nitrogens is 4. The Balaban J connectivity index is 1.45. The molecule has 1 N–H and O–H groups in total. The lowest BCUT2D eigenvalue weighted by Crippen LogP contribution is -2.50. The van der Waals surface area contributed by atoms with Gasteiger partial charge in [0.15, 0.2) is 17.5 Å². The molecule has 9 nitrogen and oxygen atoms in total. The van der Waals surface area contributed by atoms with Crippen molar-refractivity contribution in [1.29, 1.82) is 0 Å². The lowest BCUT2D eigenvalue weighted by atomic mass is 10.2. The number of rotatable bonds is 4. The van der Waals surface area contributed by atoms with Gasteiger partial charge in [-0.1, -0.05) is 0 Å². The van der Waals surface area contributed by atoms with Crippen molar-refractivity contribution in [3.05, 3.63) is 53.4 Å². The van der Waals surface area contributed by atoms with Crippen LogP contribution in [0.4, 0.5) is 31.0 Å². The number of fused-ring (bicyclic) bond motifs is 2. The van der Waals surface area contributed by atoms with Crippen molar-refractivity contribution in [2.45, 2.75) is 58.7 Å². The van der Waals surface area contributed by atoms with Crippen molar-refractivity contribution in [3.8, 4) is 5.82 Å². The van der Waals surface area contributed by atoms with Gasteiger partial charge in [-0.15, -0.1) is 0 Å². The molecule has 0 saturated carbocycles. The van der Waals surface area contributed by atoms with Gasteiger partial charge in [0, 0.05) is 36.6 Å². The quantitative estimate of drug-likeness (QED) is 0.568. The average molecular weight is 498 g/mol. The van der Waals surface area contributed by atoms with Gasteiger partial charge >= 0.3 is 6.09 Å². The van der Waals surface area contributed by atoms with E-state index in [0.717, 1.165) is 29.9 Å². The molecule has 1 aromatic carbocycles. The lowest BCUT2D eigenvalue weighted by Gasteiger charge is -2.35. The first-order valence-corrected chi connectivity index (χ1v) is 11.9. The number of halogens is 2. The number of piperazine rings is 1. The summed E-state index contributed by atoms with van der Waals surface area (Å²) in [6.45, 7) is 10.5. The molecule has 0 aliphatic carbocycles. The van der Waals surface area contributed by atoms with Gasteiger partial charge in [0.05, 0.1) is 17.8 Å². The predicted octanol–water partition coefficient (Wildman–Crippen LogP) is 4.50. The first-order chi connectivity index (χ1) is 17.0. The monoisotopic (exact) mass is 497 g/mol. The van der Waals surface area contributed by atoms with E-state index in [-0.39, 0.29) is 24.1 Å². The summed E-state index contributed by atoms with van der Waals surface area (Å²) in [6, 6.07) is 7.42. The highest BCUT2D eigenvalue weighted by Gasteiger charge is 2.47. The Morgan fingerprint density at radius 3 is 2.39 bits per heavy atom. The van der Waals surface area contributed by atoms with Crippen LogP contribution in [0.1, 0.15) is 38.6 Å². The van der Waals surface area contributed by atoms with Crippen molar-refractivity contribution in [2.24, 2.45) is 0 Å². The lowest BCUT2D eigenvalue weighted by molar-refractivity contribution is 0.0214. The van der Waals surface area contributed by atoms with Gasteiger partial charge in [-0.05, 0) is 59.2 Å². The number of nitrogens with zero attached hydrogens (tertiary/aromatic N) is 6. The van der Waals surface area contributed by atoms with Crippen LogP contribution >= 0.6 is 0 Å². The summed E-state index contributed by atoms with van der Waals surface area (Å²) in [5, 5.41) is 7.53. The first-order valence-electron chi connectivity index (χ1n) is 11.9. The number of nitrogens with one attached hydrogen (secondary N) is 1. The molecule has 190 valence electrons. The molecular weight excluding hydrogens is 468 g/mol. The number of aryl methyl sites for hydroxylation is 2. The number of likely N-dealkylation sites (tertiary alicyclic amines) is 1. The Kier molecular flexibility index (Phi) is 5.80. The zero-order valence-electron chi connectivity index (χ0n) is 20.9. The van der Waals surface area contributed by atoms with Crippen molar-refractivity contribution in [1.82, 2.24) is 24.6 Å². The molecule has 2 atom stereocenters. The number of hydrogen-bond acceptors (Lipinski definition) is 7. The van der Waals surface area contributed by atoms with Gasteiger partial charge in [-0.2, -0.15) is 15.1 Å². The van der Waals surface area contributed by atoms with E-state index in [1.165, 1.54) is 6.07 Å². The minimum Gasteiger partial charge on any atom is -0.444 e. The maximum Gasteiger partial charge on any atom is 0.410 e. The predicted molar refractivity (Wildman–Crippen MR) is 131 cm³/mol. The second-order valence-electron chi connectivity index (χ2n) is 10.3. The van der Waals surface area contributed by atoms with Gasteiger partial charge in [0.25, 0.3) is 0 Å². The molecule has 36 heavy (non-hydrogen) atoms. The Morgan fingerprint density at radius 2 is 1.78 bits per heavy atom. The molecule has 4 heterocycles. The van der Waals surface area contributed by atoms with Crippen molar-refractivity contribution >= 4 is 23.5 Å². The van der Waals surface area contributed by atoms with E-state index < -0.39 is 17.2 Å². The van der Waals surface area contributed by atoms with Gasteiger partial charge < -0.3 is 19.9 Å². The Hall–Kier alpha value is -3.76. The van der Waals surface area contributed by atoms with Gasteiger partial charge in [-0.25, -0.2) is 18.3 Å². The highest BCUT2D eigenvalue weighted by molar-refractivity contribution is 5.70. The summed E-state index contributed by atoms with van der Waals surface area (Å²) < 4.78 is 34.5. The topological polar surface area (TPSA) is 88.4 Å². The van der Waals surface area contributed by atoms with E-state index >= 15 is 0 Å². The molecule has 5 rings (SSSR count). The van der Waals surface area contributed by atoms with Crippen LogP contribution in [0, 0.1) is 25.5 Å². The number of carbonyl (C=O) groups excluding carboxylic acids is 1. The number of amides is 1. The van der Waals surface area contributed by atoms with Crippen LogP contribution in [0.2, 0.25) is 0 Å². The molecule has 2 aliphatic rings. The molecule has 2 saturated heterocycles. The van der Waals surface area contributed by atoms with Crippen LogP contribution in [-0.2, 0) is 4.74 Å². The molecule has 0 radical (unpaired) electrons. The number of hydrogen-bond donors (Lipinski definition) is 1. The second kappa shape index (κ2) is 8.72. The molecule has 2 aromatic heterocycles. The van der Waals surface area contributed by atoms with Gasteiger partial charge in [0.2, 0.25) is 5.95 Å². The van der Waals surface area contributed by atoms with E-state index in [9.17, 15) is 13.6 Å². The summed E-state index contributed by atoms with van der Waals surface area (Å²) >= 11 is 0. The standard InChI is InChI=1S/C25H29F2N7O2/c1-14-8-15(2)34(31-14)22-11-21(29-23(30-22)28-16-6-7-19(26)20(27)9-16)32-12-18-10-17(32)13-33(18)24(35)36-25(3,4)5/h6-9,11,17-18H,10,12-13H2,1-5H3,(H,28,29,30)/t17-,18-/m0/s1. The fourth-order valence-electron chi connectivity index (χ4n) is 4.79. The normalized spacial score (nSPS) is 19.2. The van der Waals surface area contributed by atoms with E-state index in [1.807, 2.05) is 46.8 Å². The smallest absolute Gasteiger partial charge is 0.410 e. The van der Waals surface area contributed by atoms with Crippen LogP contribution in [0.5, 0.6) is 0 Å². The first kappa shape index (κ1) is 24.0. The molecule has 2 fully saturated rings. The summed E-state index contributed by atoms with van der Waals surface area (Å²) in [4.78, 5) is 25.9. The zero-order valence-corrected chi connectivity index (χ0v) is 20.9. The largest absolute Gasteiger partial charge is 0.444 e. The number of ether oxygens (including phenoxy) is 1. The fraction of sp³-hybridized carbons (Fsp3) is 0.440. The third kappa shape index (κ3) is 4.69. The average Bonchev–Trinajstić information content (AvgIpc) is 3.49. The number of benzene rings is 1. The maximum absolute atomic E-state index is 13.8. The Morgan fingerprint density at radius 1 is 1.03 bits per heavy atom. The van der Waals surface area contributed by atoms with Crippen LogP contribution < -0.4 is 10.2 Å². The van der Waals surface area contributed by atoms with Crippen LogP contribution in [0.25, 0.3) is 5.82 Å². The molecule has 0 unspecified atom stereocenters. The maximum atomic E-state index is 13.8. The van der Waals surface area contributed by atoms with Crippen molar-refractivity contribution in [3.63, 3.8) is 0 Å². The minimum absolute atomic E-state index is 0.0135. The molecule has 3 aromatic rings. The zero-order chi connectivity index (χ0) is 25.8. The SMILES string of the molecule is Cc1cc(C)n(-c2cc(N3C[C@@H]4C[C@H]3CN4C(=O)OC(C)(C)C)nc(Nc3ccc(F)c(F)c3)n2)n1. The molecule has 11 heteroatoms. The summed E-state index contributed by atoms with van der Waals surface area (Å²) in [5.74, 6) is -0.459. The molecule has 0 spiro atoms. The Labute approximate surface area is 208 Å². The van der Waals surface area contributed by atoms with Gasteiger partial charge in [0.1, 0.15) is 11.4 Å². The van der Waals surface area contributed by atoms with Crippen molar-refractivity contribution < 1.29 is 18.3 Å². The Bertz CT molecular complexity index is 1320. The summed E-state index contributed by atoms with van der Waals surface area (Å²) in [7, 11) is 0.